The average molecular weight is 535 g/mol. The molecule has 1 saturated heterocycles. The van der Waals surface area contributed by atoms with Crippen LogP contribution in [0.1, 0.15) is 29.7 Å². The van der Waals surface area contributed by atoms with Gasteiger partial charge in [-0.15, -0.1) is 0 Å². The predicted molar refractivity (Wildman–Crippen MR) is 145 cm³/mol. The molecule has 1 aromatic heterocycles. The number of aryl methyl sites for hydroxylation is 1. The van der Waals surface area contributed by atoms with E-state index < -0.39 is 17.7 Å². The van der Waals surface area contributed by atoms with E-state index in [1.54, 1.807) is 42.5 Å². The van der Waals surface area contributed by atoms with E-state index in [-0.39, 0.29) is 11.3 Å². The van der Waals surface area contributed by atoms with Crippen LogP contribution < -0.4 is 14.4 Å². The molecule has 1 aliphatic heterocycles. The lowest BCUT2D eigenvalue weighted by atomic mass is 9.95. The second kappa shape index (κ2) is 9.88. The molecule has 2 heterocycles. The molecular weight excluding hydrogens is 512 g/mol. The smallest absolute Gasteiger partial charge is 0.301 e. The van der Waals surface area contributed by atoms with Crippen molar-refractivity contribution in [3.05, 3.63) is 87.9 Å². The summed E-state index contributed by atoms with van der Waals surface area (Å²) in [5, 5.41) is 12.1. The van der Waals surface area contributed by atoms with Crippen LogP contribution in [0.2, 0.25) is 5.02 Å². The molecule has 1 N–H and O–H groups in total. The van der Waals surface area contributed by atoms with Crippen LogP contribution in [0.5, 0.6) is 11.5 Å². The number of rotatable bonds is 6. The minimum absolute atomic E-state index is 0.0472. The molecule has 1 amide bonds. The van der Waals surface area contributed by atoms with Crippen LogP contribution in [0, 0.1) is 6.92 Å². The number of nitrogens with zero attached hydrogens (tertiary/aromatic N) is 2. The zero-order chi connectivity index (χ0) is 26.3. The highest BCUT2D eigenvalue weighted by Gasteiger charge is 2.48. The number of aliphatic hydroxyl groups is 1. The largest absolute Gasteiger partial charge is 0.507 e. The number of hydrogen-bond donors (Lipinski definition) is 1. The number of thiazole rings is 1. The summed E-state index contributed by atoms with van der Waals surface area (Å²) in [6.45, 7) is 4.28. The molecule has 9 heteroatoms. The second-order valence-corrected chi connectivity index (χ2v) is 9.93. The Hall–Kier alpha value is -3.88. The number of Topliss-reactive ketones (excluding diaryl/α,β-unsaturated/α-hetero) is 1. The van der Waals surface area contributed by atoms with Gasteiger partial charge in [-0.2, -0.15) is 0 Å². The van der Waals surface area contributed by atoms with Crippen LogP contribution in [0.25, 0.3) is 16.0 Å². The molecule has 1 fully saturated rings. The fourth-order valence-corrected chi connectivity index (χ4v) is 5.58. The number of anilines is 1. The summed E-state index contributed by atoms with van der Waals surface area (Å²) in [6.07, 6.45) is 0. The zero-order valence-electron chi connectivity index (χ0n) is 20.3. The summed E-state index contributed by atoms with van der Waals surface area (Å²) < 4.78 is 12.1. The molecule has 7 nitrogen and oxygen atoms in total. The molecule has 0 bridgehead atoms. The van der Waals surface area contributed by atoms with Gasteiger partial charge in [0.15, 0.2) is 16.6 Å². The number of carbonyl (C=O) groups is 2. The molecule has 188 valence electrons. The lowest BCUT2D eigenvalue weighted by Gasteiger charge is -2.24. The average Bonchev–Trinajstić information content (AvgIpc) is 3.42. The topological polar surface area (TPSA) is 89.0 Å². The Bertz CT molecular complexity index is 1560. The van der Waals surface area contributed by atoms with Crippen molar-refractivity contribution in [3.63, 3.8) is 0 Å². The van der Waals surface area contributed by atoms with Crippen LogP contribution >= 0.6 is 22.9 Å². The molecule has 0 radical (unpaired) electrons. The number of benzene rings is 3. The molecule has 3 aromatic carbocycles. The quantitative estimate of drug-likeness (QED) is 0.178. The summed E-state index contributed by atoms with van der Waals surface area (Å²) >= 11 is 7.33. The maximum absolute atomic E-state index is 13.5. The number of ketones is 1. The highest BCUT2D eigenvalue weighted by Crippen LogP contribution is 2.46. The maximum Gasteiger partial charge on any atom is 0.301 e. The highest BCUT2D eigenvalue weighted by molar-refractivity contribution is 7.22. The third kappa shape index (κ3) is 4.43. The van der Waals surface area contributed by atoms with Crippen molar-refractivity contribution in [1.82, 2.24) is 4.98 Å². The van der Waals surface area contributed by atoms with E-state index in [9.17, 15) is 14.7 Å². The zero-order valence-corrected chi connectivity index (χ0v) is 21.9. The molecule has 4 aromatic rings. The first kappa shape index (κ1) is 24.8. The molecular formula is C28H23ClN2O5S. The van der Waals surface area contributed by atoms with Crippen molar-refractivity contribution in [2.24, 2.45) is 0 Å². The van der Waals surface area contributed by atoms with Gasteiger partial charge in [-0.3, -0.25) is 14.5 Å². The Kier molecular flexibility index (Phi) is 6.62. The first-order valence-corrected chi connectivity index (χ1v) is 12.8. The lowest BCUT2D eigenvalue weighted by Crippen LogP contribution is -2.29. The van der Waals surface area contributed by atoms with Gasteiger partial charge < -0.3 is 14.6 Å². The number of fused-ring (bicyclic) bond motifs is 1. The first-order valence-electron chi connectivity index (χ1n) is 11.6. The number of halogens is 1. The Morgan fingerprint density at radius 1 is 1.08 bits per heavy atom. The van der Waals surface area contributed by atoms with Gasteiger partial charge in [-0.05, 0) is 73.5 Å². The van der Waals surface area contributed by atoms with Gasteiger partial charge in [0.25, 0.3) is 5.78 Å². The fourth-order valence-electron chi connectivity index (χ4n) is 4.36. The van der Waals surface area contributed by atoms with Crippen molar-refractivity contribution in [3.8, 4) is 11.5 Å². The van der Waals surface area contributed by atoms with Crippen molar-refractivity contribution >= 4 is 55.7 Å². The molecule has 0 spiro atoms. The van der Waals surface area contributed by atoms with Gasteiger partial charge in [0.2, 0.25) is 0 Å². The number of hydrogen-bond acceptors (Lipinski definition) is 7. The summed E-state index contributed by atoms with van der Waals surface area (Å²) in [4.78, 5) is 32.9. The highest BCUT2D eigenvalue weighted by atomic mass is 35.5. The molecule has 1 aliphatic rings. The Labute approximate surface area is 222 Å². The van der Waals surface area contributed by atoms with Crippen LogP contribution in [0.3, 0.4) is 0 Å². The lowest BCUT2D eigenvalue weighted by molar-refractivity contribution is -0.132. The number of carbonyl (C=O) groups excluding carboxylic acids is 2. The molecule has 0 saturated carbocycles. The predicted octanol–water partition coefficient (Wildman–Crippen LogP) is 6.29. The van der Waals surface area contributed by atoms with E-state index in [4.69, 9.17) is 21.1 Å². The molecule has 5 rings (SSSR count). The fraction of sp³-hybridized carbons (Fsp3) is 0.179. The summed E-state index contributed by atoms with van der Waals surface area (Å²) in [7, 11) is 1.52. The minimum Gasteiger partial charge on any atom is -0.507 e. The third-order valence-electron chi connectivity index (χ3n) is 6.10. The minimum atomic E-state index is -0.943. The van der Waals surface area contributed by atoms with Crippen molar-refractivity contribution < 1.29 is 24.2 Å². The monoisotopic (exact) mass is 534 g/mol. The Morgan fingerprint density at radius 3 is 2.54 bits per heavy atom. The van der Waals surface area contributed by atoms with E-state index in [0.717, 1.165) is 10.3 Å². The van der Waals surface area contributed by atoms with E-state index >= 15 is 0 Å². The molecule has 37 heavy (non-hydrogen) atoms. The van der Waals surface area contributed by atoms with Gasteiger partial charge in [0.05, 0.1) is 35.5 Å². The van der Waals surface area contributed by atoms with E-state index in [1.165, 1.54) is 23.3 Å². The van der Waals surface area contributed by atoms with Crippen molar-refractivity contribution in [1.29, 1.82) is 0 Å². The number of aromatic nitrogens is 1. The van der Waals surface area contributed by atoms with E-state index in [1.807, 2.05) is 32.0 Å². The summed E-state index contributed by atoms with van der Waals surface area (Å²) in [5.41, 5.74) is 2.65. The van der Waals surface area contributed by atoms with Gasteiger partial charge in [0, 0.05) is 10.6 Å². The van der Waals surface area contributed by atoms with Gasteiger partial charge in [-0.1, -0.05) is 35.1 Å². The Morgan fingerprint density at radius 2 is 1.84 bits per heavy atom. The number of aliphatic hydroxyl groups excluding tert-OH is 1. The maximum atomic E-state index is 13.5. The molecule has 1 atom stereocenters. The second-order valence-electron chi connectivity index (χ2n) is 8.49. The SMILES string of the molecule is CCOc1ccc(C2C(=C(O)c3ccc(Cl)cc3)C(=O)C(=O)N2c2nc3ccc(C)cc3s2)cc1OC. The van der Waals surface area contributed by atoms with Gasteiger partial charge >= 0.3 is 5.91 Å². The molecule has 0 aliphatic carbocycles. The van der Waals surface area contributed by atoms with Crippen molar-refractivity contribution in [2.75, 3.05) is 18.6 Å². The van der Waals surface area contributed by atoms with Gasteiger partial charge in [0.1, 0.15) is 5.76 Å². The van der Waals surface area contributed by atoms with Crippen LogP contribution in [-0.4, -0.2) is 35.5 Å². The van der Waals surface area contributed by atoms with Crippen LogP contribution in [0.4, 0.5) is 5.13 Å². The third-order valence-corrected chi connectivity index (χ3v) is 7.37. The van der Waals surface area contributed by atoms with Crippen LogP contribution in [0.15, 0.2) is 66.2 Å². The normalized spacial score (nSPS) is 17.0. The number of ether oxygens (including phenoxy) is 2. The van der Waals surface area contributed by atoms with Gasteiger partial charge in [-0.25, -0.2) is 4.98 Å². The summed E-state index contributed by atoms with van der Waals surface area (Å²) in [6, 6.07) is 16.5. The summed E-state index contributed by atoms with van der Waals surface area (Å²) in [5.74, 6) is -0.910. The standard InChI is InChI=1S/C28H23ClN2O5S/c1-4-36-20-12-8-17(14-21(20)35-3)24-23(25(32)16-6-9-18(29)10-7-16)26(33)27(34)31(24)28-30-19-11-5-15(2)13-22(19)37-28/h5-14,24,32H,4H2,1-3H3. The number of methoxy groups -OCH3 is 1. The Balaban J connectivity index is 1.73. The molecule has 1 unspecified atom stereocenters. The van der Waals surface area contributed by atoms with Crippen LogP contribution in [-0.2, 0) is 9.59 Å². The first-order chi connectivity index (χ1) is 17.8. The van der Waals surface area contributed by atoms with Crippen molar-refractivity contribution in [2.45, 2.75) is 19.9 Å². The van der Waals surface area contributed by atoms with E-state index in [0.29, 0.717) is 44.9 Å². The van der Waals surface area contributed by atoms with E-state index in [2.05, 4.69) is 4.98 Å². The number of amides is 1.